The van der Waals surface area contributed by atoms with E-state index in [1.54, 1.807) is 6.07 Å². The van der Waals surface area contributed by atoms with Crippen molar-refractivity contribution in [3.63, 3.8) is 0 Å². The summed E-state index contributed by atoms with van der Waals surface area (Å²) < 4.78 is 0. The lowest BCUT2D eigenvalue weighted by atomic mass is 9.79. The highest BCUT2D eigenvalue weighted by Crippen LogP contribution is 2.52. The molecule has 1 N–H and O–H groups in total. The van der Waals surface area contributed by atoms with Gasteiger partial charge in [-0.05, 0) is 42.0 Å². The standard InChI is InChI=1S/C19H14Cl2O2/c20-17-14(22)9-13-12-8-4-7-11(10-5-2-1-3-6-10)15(12)19(23)16(13)18(17)21/h1-3,5-6,9,11,22H,4,7-8H2. The van der Waals surface area contributed by atoms with Crippen molar-refractivity contribution in [2.24, 2.45) is 0 Å². The predicted molar refractivity (Wildman–Crippen MR) is 92.4 cm³/mol. The van der Waals surface area contributed by atoms with E-state index in [2.05, 4.69) is 12.1 Å². The van der Waals surface area contributed by atoms with Crippen LogP contribution in [0.25, 0.3) is 5.57 Å². The molecule has 0 amide bonds. The van der Waals surface area contributed by atoms with E-state index < -0.39 is 0 Å². The van der Waals surface area contributed by atoms with E-state index in [-0.39, 0.29) is 27.5 Å². The number of Topliss-reactive ketones (excluding diaryl/α,β-unsaturated/α-hetero) is 1. The van der Waals surface area contributed by atoms with Crippen LogP contribution in [0.3, 0.4) is 0 Å². The van der Waals surface area contributed by atoms with Gasteiger partial charge in [-0.2, -0.15) is 0 Å². The van der Waals surface area contributed by atoms with Crippen LogP contribution in [0.2, 0.25) is 10.0 Å². The van der Waals surface area contributed by atoms with Crippen LogP contribution in [-0.2, 0) is 0 Å². The molecular formula is C19H14Cl2O2. The highest BCUT2D eigenvalue weighted by Gasteiger charge is 2.39. The Morgan fingerprint density at radius 3 is 2.57 bits per heavy atom. The number of halogens is 2. The first-order valence-corrected chi connectivity index (χ1v) is 8.39. The van der Waals surface area contributed by atoms with E-state index >= 15 is 0 Å². The largest absolute Gasteiger partial charge is 0.506 e. The Bertz CT molecular complexity index is 853. The van der Waals surface area contributed by atoms with Gasteiger partial charge in [-0.25, -0.2) is 0 Å². The third kappa shape index (κ3) is 2.13. The van der Waals surface area contributed by atoms with E-state index in [1.165, 1.54) is 0 Å². The minimum atomic E-state index is -0.0706. The lowest BCUT2D eigenvalue weighted by Crippen LogP contribution is -2.13. The summed E-state index contributed by atoms with van der Waals surface area (Å²) in [5.41, 5.74) is 4.17. The molecule has 2 aromatic rings. The van der Waals surface area contributed by atoms with Crippen molar-refractivity contribution in [2.75, 3.05) is 0 Å². The second kappa shape index (κ2) is 5.40. The first-order valence-electron chi connectivity index (χ1n) is 7.63. The molecule has 2 aromatic carbocycles. The lowest BCUT2D eigenvalue weighted by molar-refractivity contribution is 0.103. The first kappa shape index (κ1) is 14.8. The van der Waals surface area contributed by atoms with Crippen molar-refractivity contribution in [1.82, 2.24) is 0 Å². The van der Waals surface area contributed by atoms with Gasteiger partial charge in [0.15, 0.2) is 5.78 Å². The molecule has 0 aromatic heterocycles. The zero-order chi connectivity index (χ0) is 16.1. The fourth-order valence-electron chi connectivity index (χ4n) is 3.77. The summed E-state index contributed by atoms with van der Waals surface area (Å²) in [7, 11) is 0. The molecule has 4 heteroatoms. The van der Waals surface area contributed by atoms with Crippen LogP contribution in [0.5, 0.6) is 5.75 Å². The number of aromatic hydroxyl groups is 1. The zero-order valence-corrected chi connectivity index (χ0v) is 13.8. The summed E-state index contributed by atoms with van der Waals surface area (Å²) in [6.07, 6.45) is 2.78. The van der Waals surface area contributed by atoms with Crippen molar-refractivity contribution >= 4 is 34.6 Å². The van der Waals surface area contributed by atoms with Gasteiger partial charge >= 0.3 is 0 Å². The average Bonchev–Trinajstić information content (AvgIpc) is 2.86. The molecule has 0 saturated heterocycles. The fourth-order valence-corrected chi connectivity index (χ4v) is 4.21. The van der Waals surface area contributed by atoms with Gasteiger partial charge in [0.2, 0.25) is 0 Å². The maximum Gasteiger partial charge on any atom is 0.192 e. The molecular weight excluding hydrogens is 331 g/mol. The Morgan fingerprint density at radius 1 is 1.09 bits per heavy atom. The van der Waals surface area contributed by atoms with Crippen LogP contribution in [0.4, 0.5) is 0 Å². The maximum atomic E-state index is 13.0. The normalized spacial score (nSPS) is 19.7. The molecule has 0 radical (unpaired) electrons. The molecule has 1 unspecified atom stereocenters. The van der Waals surface area contributed by atoms with Crippen LogP contribution in [0, 0.1) is 0 Å². The van der Waals surface area contributed by atoms with Crippen molar-refractivity contribution in [3.8, 4) is 5.75 Å². The molecule has 1 atom stereocenters. The number of phenols is 1. The number of rotatable bonds is 1. The Morgan fingerprint density at radius 2 is 1.83 bits per heavy atom. The number of carbonyl (C=O) groups is 1. The molecule has 2 aliphatic rings. The zero-order valence-electron chi connectivity index (χ0n) is 12.3. The summed E-state index contributed by atoms with van der Waals surface area (Å²) in [6.45, 7) is 0. The monoisotopic (exact) mass is 344 g/mol. The highest BCUT2D eigenvalue weighted by molar-refractivity contribution is 6.46. The summed E-state index contributed by atoms with van der Waals surface area (Å²) in [6, 6.07) is 11.7. The number of phenolic OH excluding ortho intramolecular Hbond substituents is 1. The van der Waals surface area contributed by atoms with Crippen molar-refractivity contribution in [3.05, 3.63) is 68.7 Å². The minimum Gasteiger partial charge on any atom is -0.506 e. The number of fused-ring (bicyclic) bond motifs is 2. The number of allylic oxidation sites excluding steroid dienone is 2. The molecule has 0 heterocycles. The molecule has 2 nitrogen and oxygen atoms in total. The Hall–Kier alpha value is -1.77. The summed E-state index contributed by atoms with van der Waals surface area (Å²) in [5, 5.41) is 10.2. The minimum absolute atomic E-state index is 0.0459. The van der Waals surface area contributed by atoms with E-state index in [1.807, 2.05) is 18.2 Å². The molecule has 0 spiro atoms. The Labute approximate surface area is 144 Å². The molecule has 4 rings (SSSR count). The van der Waals surface area contributed by atoms with Gasteiger partial charge in [0.1, 0.15) is 10.8 Å². The molecule has 2 aliphatic carbocycles. The van der Waals surface area contributed by atoms with Gasteiger partial charge in [-0.15, -0.1) is 0 Å². The molecule has 0 aliphatic heterocycles. The summed E-state index contributed by atoms with van der Waals surface area (Å²) in [4.78, 5) is 13.0. The van der Waals surface area contributed by atoms with E-state index in [0.29, 0.717) is 5.56 Å². The average molecular weight is 345 g/mol. The van der Waals surface area contributed by atoms with Gasteiger partial charge in [0, 0.05) is 11.5 Å². The number of ketones is 1. The molecule has 0 saturated carbocycles. The van der Waals surface area contributed by atoms with Gasteiger partial charge in [-0.3, -0.25) is 4.79 Å². The number of benzene rings is 2. The van der Waals surface area contributed by atoms with Crippen LogP contribution in [0.1, 0.15) is 46.7 Å². The second-order valence-electron chi connectivity index (χ2n) is 6.02. The highest BCUT2D eigenvalue weighted by atomic mass is 35.5. The summed E-state index contributed by atoms with van der Waals surface area (Å²) >= 11 is 12.3. The smallest absolute Gasteiger partial charge is 0.192 e. The Kier molecular flexibility index (Phi) is 3.47. The van der Waals surface area contributed by atoms with Crippen molar-refractivity contribution < 1.29 is 9.90 Å². The topological polar surface area (TPSA) is 37.3 Å². The third-order valence-corrected chi connectivity index (χ3v) is 5.64. The van der Waals surface area contributed by atoms with E-state index in [9.17, 15) is 9.90 Å². The second-order valence-corrected chi connectivity index (χ2v) is 6.78. The number of hydrogen-bond acceptors (Lipinski definition) is 2. The predicted octanol–water partition coefficient (Wildman–Crippen LogP) is 5.62. The van der Waals surface area contributed by atoms with Crippen LogP contribution in [0.15, 0.2) is 42.0 Å². The summed E-state index contributed by atoms with van der Waals surface area (Å²) in [5.74, 6) is -0.0360. The van der Waals surface area contributed by atoms with Crippen molar-refractivity contribution in [2.45, 2.75) is 25.2 Å². The number of carbonyl (C=O) groups excluding carboxylic acids is 1. The van der Waals surface area contributed by atoms with Crippen LogP contribution in [-0.4, -0.2) is 10.9 Å². The van der Waals surface area contributed by atoms with Gasteiger partial charge in [0.05, 0.1) is 10.6 Å². The lowest BCUT2D eigenvalue weighted by Gasteiger charge is -2.24. The van der Waals surface area contributed by atoms with Gasteiger partial charge in [0.25, 0.3) is 0 Å². The maximum absolute atomic E-state index is 13.0. The quantitative estimate of drug-likeness (QED) is 0.729. The molecule has 23 heavy (non-hydrogen) atoms. The SMILES string of the molecule is O=C1C2=C(CCCC2c2ccccc2)c2cc(O)c(Cl)c(Cl)c21. The van der Waals surface area contributed by atoms with Gasteiger partial charge in [-0.1, -0.05) is 53.5 Å². The first-order chi connectivity index (χ1) is 11.1. The van der Waals surface area contributed by atoms with Gasteiger partial charge < -0.3 is 5.11 Å². The van der Waals surface area contributed by atoms with E-state index in [0.717, 1.165) is 41.5 Å². The fraction of sp³-hybridized carbons (Fsp3) is 0.211. The molecule has 116 valence electrons. The molecule has 0 bridgehead atoms. The Balaban J connectivity index is 1.92. The van der Waals surface area contributed by atoms with E-state index in [4.69, 9.17) is 23.2 Å². The number of hydrogen-bond donors (Lipinski definition) is 1. The molecule has 0 fully saturated rings. The van der Waals surface area contributed by atoms with Crippen LogP contribution < -0.4 is 0 Å². The van der Waals surface area contributed by atoms with Crippen molar-refractivity contribution in [1.29, 1.82) is 0 Å². The third-order valence-electron chi connectivity index (χ3n) is 4.78. The van der Waals surface area contributed by atoms with Crippen LogP contribution >= 0.6 is 23.2 Å².